The second kappa shape index (κ2) is 25.6. The van der Waals surface area contributed by atoms with Crippen molar-refractivity contribution in [3.05, 3.63) is 35.9 Å². The lowest BCUT2D eigenvalue weighted by atomic mass is 10.1. The summed E-state index contributed by atoms with van der Waals surface area (Å²) in [5, 5.41) is 0.570. The number of carbonyl (C=O) groups is 1. The standard InChI is InChI=1S/C33H59O6PS/c1-4-6-8-10-11-12-13-14-16-21-27-41-32(24-20-15-9-7-5-2)25-26-37-30(3)28-39-40(35,36)33(34)38-29-31-22-18-17-19-23-31/h17-19,22-23,30,32H,4-16,20-21,24-29H2,1-3H3,(H,35,36). The molecular weight excluding hydrogens is 555 g/mol. The molecule has 0 aromatic heterocycles. The van der Waals surface area contributed by atoms with Gasteiger partial charge in [-0.3, -0.25) is 4.52 Å². The molecule has 3 unspecified atom stereocenters. The van der Waals surface area contributed by atoms with Gasteiger partial charge in [-0.1, -0.05) is 134 Å². The van der Waals surface area contributed by atoms with E-state index in [1.165, 1.54) is 108 Å². The van der Waals surface area contributed by atoms with Crippen molar-refractivity contribution in [2.75, 3.05) is 19.0 Å². The molecule has 0 amide bonds. The third-order valence-electron chi connectivity index (χ3n) is 7.24. The molecule has 0 saturated carbocycles. The first kappa shape index (κ1) is 38.2. The van der Waals surface area contributed by atoms with Gasteiger partial charge in [0.1, 0.15) is 6.61 Å². The Balaban J connectivity index is 2.27. The van der Waals surface area contributed by atoms with Crippen molar-refractivity contribution in [1.29, 1.82) is 0 Å². The number of hydrogen-bond donors (Lipinski definition) is 1. The average Bonchev–Trinajstić information content (AvgIpc) is 2.97. The van der Waals surface area contributed by atoms with Crippen LogP contribution in [0.15, 0.2) is 30.3 Å². The smallest absolute Gasteiger partial charge is 0.435 e. The van der Waals surface area contributed by atoms with Crippen LogP contribution in [0, 0.1) is 0 Å². The third kappa shape index (κ3) is 21.5. The van der Waals surface area contributed by atoms with Crippen LogP contribution in [-0.2, 0) is 25.2 Å². The van der Waals surface area contributed by atoms with E-state index in [4.69, 9.17) is 14.0 Å². The maximum atomic E-state index is 12.3. The zero-order valence-corrected chi connectivity index (χ0v) is 27.9. The van der Waals surface area contributed by atoms with Gasteiger partial charge in [0.2, 0.25) is 0 Å². The normalized spacial score (nSPS) is 14.4. The molecule has 0 radical (unpaired) electrons. The summed E-state index contributed by atoms with van der Waals surface area (Å²) in [4.78, 5) is 22.1. The van der Waals surface area contributed by atoms with E-state index in [1.54, 1.807) is 19.1 Å². The Morgan fingerprint density at radius 1 is 0.829 bits per heavy atom. The van der Waals surface area contributed by atoms with Crippen LogP contribution in [0.2, 0.25) is 0 Å². The Morgan fingerprint density at radius 3 is 2.00 bits per heavy atom. The Bertz CT molecular complexity index is 793. The number of benzene rings is 1. The van der Waals surface area contributed by atoms with Crippen molar-refractivity contribution in [2.24, 2.45) is 0 Å². The van der Waals surface area contributed by atoms with Gasteiger partial charge in [-0.15, -0.1) is 0 Å². The molecule has 6 nitrogen and oxygen atoms in total. The van der Waals surface area contributed by atoms with Gasteiger partial charge in [0.25, 0.3) is 0 Å². The number of ether oxygens (including phenoxy) is 2. The van der Waals surface area contributed by atoms with E-state index >= 15 is 0 Å². The monoisotopic (exact) mass is 614 g/mol. The van der Waals surface area contributed by atoms with Crippen molar-refractivity contribution in [2.45, 2.75) is 148 Å². The molecule has 0 aliphatic heterocycles. The van der Waals surface area contributed by atoms with E-state index in [9.17, 15) is 14.3 Å². The lowest BCUT2D eigenvalue weighted by Gasteiger charge is -2.19. The number of hydrogen-bond acceptors (Lipinski definition) is 6. The largest absolute Gasteiger partial charge is 0.452 e. The highest BCUT2D eigenvalue weighted by molar-refractivity contribution is 7.99. The average molecular weight is 615 g/mol. The molecule has 8 heteroatoms. The summed E-state index contributed by atoms with van der Waals surface area (Å²) in [7, 11) is -4.53. The third-order valence-corrected chi connectivity index (χ3v) is 9.80. The van der Waals surface area contributed by atoms with E-state index in [0.717, 1.165) is 12.0 Å². The fourth-order valence-electron chi connectivity index (χ4n) is 4.63. The summed E-state index contributed by atoms with van der Waals surface area (Å²) in [6.07, 6.45) is 21.8. The summed E-state index contributed by atoms with van der Waals surface area (Å²) in [5.41, 5.74) is -0.497. The Labute approximate surface area is 255 Å². The van der Waals surface area contributed by atoms with E-state index in [-0.39, 0.29) is 13.2 Å². The van der Waals surface area contributed by atoms with Gasteiger partial charge in [-0.05, 0) is 37.5 Å². The molecule has 0 aliphatic rings. The van der Waals surface area contributed by atoms with Crippen molar-refractivity contribution in [1.82, 2.24) is 0 Å². The number of unbranched alkanes of at least 4 members (excludes halogenated alkanes) is 13. The molecule has 1 rings (SSSR count). The van der Waals surface area contributed by atoms with Crippen molar-refractivity contribution in [3.63, 3.8) is 0 Å². The van der Waals surface area contributed by atoms with Gasteiger partial charge < -0.3 is 14.4 Å². The fourth-order valence-corrected chi connectivity index (χ4v) is 6.68. The molecule has 0 heterocycles. The van der Waals surface area contributed by atoms with Crippen LogP contribution in [0.1, 0.15) is 135 Å². The van der Waals surface area contributed by atoms with E-state index in [1.807, 2.05) is 18.2 Å². The lowest BCUT2D eigenvalue weighted by molar-refractivity contribution is 0.0274. The van der Waals surface area contributed by atoms with Crippen LogP contribution in [0.5, 0.6) is 0 Å². The molecule has 1 aromatic rings. The number of carbonyl (C=O) groups excluding carboxylic acids is 1. The summed E-state index contributed by atoms with van der Waals surface area (Å²) >= 11 is 2.08. The van der Waals surface area contributed by atoms with Gasteiger partial charge in [-0.2, -0.15) is 11.8 Å². The zero-order chi connectivity index (χ0) is 30.0. The van der Waals surface area contributed by atoms with E-state index in [0.29, 0.717) is 11.9 Å². The maximum Gasteiger partial charge on any atom is 0.435 e. The molecule has 0 spiro atoms. The van der Waals surface area contributed by atoms with Gasteiger partial charge in [0.15, 0.2) is 0 Å². The zero-order valence-electron chi connectivity index (χ0n) is 26.2. The summed E-state index contributed by atoms with van der Waals surface area (Å²) in [6, 6.07) is 9.02. The highest BCUT2D eigenvalue weighted by Gasteiger charge is 2.33. The molecule has 238 valence electrons. The summed E-state index contributed by atoms with van der Waals surface area (Å²) in [6.45, 7) is 6.68. The minimum absolute atomic E-state index is 0.0732. The van der Waals surface area contributed by atoms with Crippen molar-refractivity contribution in [3.8, 4) is 0 Å². The highest BCUT2D eigenvalue weighted by Crippen LogP contribution is 2.44. The molecule has 1 N–H and O–H groups in total. The minimum Gasteiger partial charge on any atom is -0.452 e. The number of rotatable bonds is 28. The molecule has 0 bridgehead atoms. The van der Waals surface area contributed by atoms with Gasteiger partial charge in [0, 0.05) is 11.9 Å². The quantitative estimate of drug-likeness (QED) is 0.0742. The second-order valence-electron chi connectivity index (χ2n) is 11.2. The van der Waals surface area contributed by atoms with Gasteiger partial charge in [0.05, 0.1) is 12.7 Å². The van der Waals surface area contributed by atoms with Crippen LogP contribution < -0.4 is 0 Å². The first-order valence-corrected chi connectivity index (χ1v) is 18.9. The van der Waals surface area contributed by atoms with Crippen molar-refractivity contribution < 1.29 is 28.3 Å². The van der Waals surface area contributed by atoms with E-state index < -0.39 is 19.4 Å². The minimum atomic E-state index is -4.53. The second-order valence-corrected chi connectivity index (χ2v) is 14.3. The Morgan fingerprint density at radius 2 is 1.39 bits per heavy atom. The van der Waals surface area contributed by atoms with Gasteiger partial charge in [-0.25, -0.2) is 9.36 Å². The van der Waals surface area contributed by atoms with E-state index in [2.05, 4.69) is 25.6 Å². The van der Waals surface area contributed by atoms with Crippen LogP contribution >= 0.6 is 19.4 Å². The predicted octanol–water partition coefficient (Wildman–Crippen LogP) is 10.7. The highest BCUT2D eigenvalue weighted by atomic mass is 32.2. The van der Waals surface area contributed by atoms with Crippen LogP contribution in [0.4, 0.5) is 4.79 Å². The van der Waals surface area contributed by atoms with Crippen LogP contribution in [0.25, 0.3) is 0 Å². The topological polar surface area (TPSA) is 82.1 Å². The predicted molar refractivity (Wildman–Crippen MR) is 174 cm³/mol. The lowest BCUT2D eigenvalue weighted by Crippen LogP contribution is -2.19. The fraction of sp³-hybridized carbons (Fsp3) is 0.788. The molecule has 3 atom stereocenters. The first-order chi connectivity index (χ1) is 19.9. The first-order valence-electron chi connectivity index (χ1n) is 16.3. The van der Waals surface area contributed by atoms with Crippen LogP contribution in [0.3, 0.4) is 0 Å². The SMILES string of the molecule is CCCCCCCCCCCCSC(CCCCCCC)CCOC(C)COP(=O)(O)C(=O)OCc1ccccc1. The molecule has 1 aromatic carbocycles. The molecule has 0 saturated heterocycles. The maximum absolute atomic E-state index is 12.3. The van der Waals surface area contributed by atoms with Crippen LogP contribution in [-0.4, -0.2) is 40.9 Å². The summed E-state index contributed by atoms with van der Waals surface area (Å²) < 4.78 is 28.2. The molecular formula is C33H59O6PS. The molecule has 41 heavy (non-hydrogen) atoms. The van der Waals surface area contributed by atoms with Crippen molar-refractivity contribution >= 4 is 25.1 Å². The molecule has 0 fully saturated rings. The summed E-state index contributed by atoms with van der Waals surface area (Å²) in [5.74, 6) is 1.20. The Kier molecular flexibility index (Phi) is 23.9. The molecule has 0 aliphatic carbocycles. The number of thioether (sulfide) groups is 1. The Hall–Kier alpha value is -0.850. The van der Waals surface area contributed by atoms with Gasteiger partial charge >= 0.3 is 13.3 Å².